The highest BCUT2D eigenvalue weighted by molar-refractivity contribution is 8.00. The summed E-state index contributed by atoms with van der Waals surface area (Å²) < 4.78 is 0. The molecule has 6 aromatic rings. The number of aromatic nitrogens is 1. The van der Waals surface area contributed by atoms with Crippen molar-refractivity contribution in [3.63, 3.8) is 0 Å². The number of carbonyl (C=O) groups excluding carboxylic acids is 17. The molecule has 5 aromatic carbocycles. The van der Waals surface area contributed by atoms with Gasteiger partial charge in [-0.1, -0.05) is 189 Å². The maximum Gasteiger partial charge on any atom is 0.305 e. The second-order valence-corrected chi connectivity index (χ2v) is 35.1. The van der Waals surface area contributed by atoms with Crippen LogP contribution in [0.1, 0.15) is 117 Å². The number of benzene rings is 5. The first-order valence-corrected chi connectivity index (χ1v) is 44.4. The third-order valence-electron chi connectivity index (χ3n) is 21.7. The number of carboxylic acids is 1. The molecule has 17 amide bonds. The Morgan fingerprint density at radius 2 is 0.847 bits per heavy atom. The Balaban J connectivity index is 1.30. The lowest BCUT2D eigenvalue weighted by atomic mass is 9.97. The van der Waals surface area contributed by atoms with Gasteiger partial charge in [0.05, 0.1) is 31.7 Å². The summed E-state index contributed by atoms with van der Waals surface area (Å²) in [6, 6.07) is 17.4. The van der Waals surface area contributed by atoms with Crippen LogP contribution >= 0.6 is 11.8 Å². The van der Waals surface area contributed by atoms with Crippen molar-refractivity contribution in [3.05, 3.63) is 168 Å². The molecule has 1 aliphatic heterocycles. The van der Waals surface area contributed by atoms with Gasteiger partial charge in [-0.05, 0) is 89.8 Å². The first-order valence-electron chi connectivity index (χ1n) is 43.2. The SMILES string of the molecule is CC(C)C[C@@H]1NC(=O)[C@H](Cc2c[nH]c3ccccc23)NC(=O)[C@H](CC(=O)O)NC(=O)[C@H](Cc2ccccc2)NC(=O)[C@H](Cc2ccccc2)NC(=O)CSC[C@@H](C(=O)N[C@@H](C)C(N)=O)NC(=O)[C@H](CO)NC(=O)[C@H](C(C)C)NC(=O)[C@H](CC(C)C)NC(=O)[C@H](CC(N)=O)NC(=O)CN(C)C(=O)[C@H](C)N(C)C(=O)[C@H](C(C)C)NC(=O)[C@H](Cc2ccc(-c3ccccc3)cc2)NC1=O. The molecular formula is C92H122N18O20S. The number of aliphatic hydroxyl groups excluding tert-OH is 1. The van der Waals surface area contributed by atoms with E-state index in [0.717, 1.165) is 32.7 Å². The highest BCUT2D eigenvalue weighted by Gasteiger charge is 2.41. The molecule has 0 spiro atoms. The zero-order valence-corrected chi connectivity index (χ0v) is 76.3. The number of aliphatic carboxylic acids is 1. The number of likely N-dealkylation sites (N-methyl/N-ethyl adjacent to an activating group) is 2. The second kappa shape index (κ2) is 50.4. The molecule has 706 valence electrons. The van der Waals surface area contributed by atoms with E-state index >= 15 is 28.8 Å². The van der Waals surface area contributed by atoms with Gasteiger partial charge >= 0.3 is 5.97 Å². The molecule has 0 aliphatic carbocycles. The van der Waals surface area contributed by atoms with E-state index in [1.165, 1.54) is 41.8 Å². The molecule has 1 aliphatic rings. The van der Waals surface area contributed by atoms with E-state index in [9.17, 15) is 67.7 Å². The number of aliphatic hydroxyl groups is 1. The molecule has 2 heterocycles. The van der Waals surface area contributed by atoms with Crippen LogP contribution in [0.4, 0.5) is 0 Å². The van der Waals surface area contributed by atoms with Gasteiger partial charge in [-0.2, -0.15) is 0 Å². The van der Waals surface area contributed by atoms with Gasteiger partial charge in [0.2, 0.25) is 100 Å². The lowest BCUT2D eigenvalue weighted by molar-refractivity contribution is -0.147. The number of thioether (sulfide) groups is 1. The number of amides is 17. The predicted octanol–water partition coefficient (Wildman–Crippen LogP) is -0.288. The van der Waals surface area contributed by atoms with Crippen molar-refractivity contribution in [2.24, 2.45) is 35.1 Å². The van der Waals surface area contributed by atoms with E-state index in [-0.39, 0.29) is 50.4 Å². The molecule has 131 heavy (non-hydrogen) atoms. The topological polar surface area (TPSA) is 578 Å². The molecular weight excluding hydrogens is 1710 g/mol. The number of nitrogens with one attached hydrogen (secondary N) is 14. The van der Waals surface area contributed by atoms with E-state index < -0.39 is 240 Å². The number of nitrogens with two attached hydrogens (primary N) is 2. The zero-order chi connectivity index (χ0) is 96.6. The molecule has 1 saturated heterocycles. The minimum atomic E-state index is -2.02. The van der Waals surface area contributed by atoms with Crippen LogP contribution in [0.3, 0.4) is 0 Å². The number of carboxylic acid groups (broad SMARTS) is 1. The van der Waals surface area contributed by atoms with Gasteiger partial charge in [-0.3, -0.25) is 86.3 Å². The van der Waals surface area contributed by atoms with Crippen LogP contribution in [0, 0.1) is 23.7 Å². The highest BCUT2D eigenvalue weighted by atomic mass is 32.2. The van der Waals surface area contributed by atoms with E-state index in [4.69, 9.17) is 11.5 Å². The van der Waals surface area contributed by atoms with E-state index in [0.29, 0.717) is 33.2 Å². The normalized spacial score (nSPS) is 23.2. The molecule has 38 nitrogen and oxygen atoms in total. The van der Waals surface area contributed by atoms with Crippen molar-refractivity contribution < 1.29 is 96.5 Å². The third-order valence-corrected chi connectivity index (χ3v) is 22.8. The van der Waals surface area contributed by atoms with Crippen molar-refractivity contribution in [2.45, 2.75) is 205 Å². The Bertz CT molecular complexity index is 5020. The van der Waals surface area contributed by atoms with Crippen LogP contribution in [0.2, 0.25) is 0 Å². The Morgan fingerprint density at radius 3 is 1.34 bits per heavy atom. The Labute approximate surface area is 763 Å². The van der Waals surface area contributed by atoms with Crippen molar-refractivity contribution in [3.8, 4) is 11.1 Å². The Morgan fingerprint density at radius 1 is 0.443 bits per heavy atom. The summed E-state index contributed by atoms with van der Waals surface area (Å²) in [5, 5.41) is 55.2. The molecule has 0 bridgehead atoms. The summed E-state index contributed by atoms with van der Waals surface area (Å²) in [5.41, 5.74) is 15.3. The fraction of sp³-hybridized carbons (Fsp3) is 0.457. The number of para-hydroxylation sites is 1. The van der Waals surface area contributed by atoms with Crippen molar-refractivity contribution in [1.82, 2.24) is 83.9 Å². The molecule has 0 unspecified atom stereocenters. The molecule has 1 fully saturated rings. The van der Waals surface area contributed by atoms with Gasteiger partial charge in [-0.15, -0.1) is 11.8 Å². The summed E-state index contributed by atoms with van der Waals surface area (Å²) in [5.74, 6) is -22.1. The van der Waals surface area contributed by atoms with Gasteiger partial charge in [0.25, 0.3) is 0 Å². The van der Waals surface area contributed by atoms with E-state index in [1.54, 1.807) is 145 Å². The molecule has 20 N–H and O–H groups in total. The fourth-order valence-corrected chi connectivity index (χ4v) is 15.2. The van der Waals surface area contributed by atoms with Gasteiger partial charge in [0.15, 0.2) is 0 Å². The maximum atomic E-state index is 15.4. The zero-order valence-electron chi connectivity index (χ0n) is 75.4. The number of primary amides is 2. The van der Waals surface area contributed by atoms with Crippen molar-refractivity contribution in [2.75, 3.05) is 38.8 Å². The lowest BCUT2D eigenvalue weighted by Crippen LogP contribution is -2.61. The summed E-state index contributed by atoms with van der Waals surface area (Å²) in [6.45, 7) is 13.8. The largest absolute Gasteiger partial charge is 0.481 e. The van der Waals surface area contributed by atoms with Gasteiger partial charge in [0, 0.05) is 62.6 Å². The standard InChI is InChI=1S/C92H122N18O20S/c1-49(2)36-63-80(118)102-67(40-57-32-34-59(35-33-57)58-28-20-15-21-29-58)87(125)108-78(52(7)8)92(130)110(12)54(10)91(129)109(11)45-74(113)97-69(42-73(93)112)84(122)100-64(37-50(3)4)86(124)107-77(51(5)6)90(128)105-71(46-111)88(126)106-72(89(127)96-53(9)79(94)117)47-131-48-75(114)98-65(38-55-24-16-13-17-25-55)81(119)101-66(39-56-26-18-14-19-27-56)82(120)104-70(43-76(115)116)85(123)103-68(83(121)99-63)41-60-44-95-62-31-23-22-30-61(60)62/h13-35,44,49-54,63-72,77-78,95,111H,36-43,45-48H2,1-12H3,(H2,93,112)(H2,94,117)(H,96,127)(H,97,113)(H,98,114)(H,99,121)(H,100,122)(H,101,119)(H,102,118)(H,103,123)(H,104,120)(H,105,128)(H,106,126)(H,107,124)(H,108,125)(H,115,116)/t53-,54-,63-,64-,65-,66-,67-,68-,69-,70-,71-,72-,77-,78-/m0/s1. The minimum absolute atomic E-state index is 0.106. The number of fused-ring (bicyclic) bond motifs is 1. The number of rotatable bonds is 23. The molecule has 7 rings (SSSR count). The number of carbonyl (C=O) groups is 18. The predicted molar refractivity (Wildman–Crippen MR) is 487 cm³/mol. The number of H-pyrrole nitrogens is 1. The van der Waals surface area contributed by atoms with Crippen LogP contribution in [-0.4, -0.2) is 255 Å². The smallest absolute Gasteiger partial charge is 0.305 e. The summed E-state index contributed by atoms with van der Waals surface area (Å²) in [6.07, 6.45) is -1.70. The summed E-state index contributed by atoms with van der Waals surface area (Å²) in [4.78, 5) is 263. The van der Waals surface area contributed by atoms with Crippen LogP contribution in [0.15, 0.2) is 146 Å². The van der Waals surface area contributed by atoms with Crippen LogP contribution < -0.4 is 80.6 Å². The number of aromatic amines is 1. The number of hydrogen-bond acceptors (Lipinski definition) is 20. The van der Waals surface area contributed by atoms with Crippen LogP contribution in [0.5, 0.6) is 0 Å². The van der Waals surface area contributed by atoms with Gasteiger partial charge < -0.3 is 106 Å². The van der Waals surface area contributed by atoms with Crippen molar-refractivity contribution >= 4 is 129 Å². The van der Waals surface area contributed by atoms with Gasteiger partial charge in [0.1, 0.15) is 84.6 Å². The Hall–Kier alpha value is -13.6. The van der Waals surface area contributed by atoms with E-state index in [1.807, 2.05) is 42.5 Å². The fourth-order valence-electron chi connectivity index (χ4n) is 14.4. The molecule has 39 heteroatoms. The monoisotopic (exact) mass is 1830 g/mol. The van der Waals surface area contributed by atoms with Gasteiger partial charge in [-0.25, -0.2) is 0 Å². The van der Waals surface area contributed by atoms with Crippen molar-refractivity contribution in [1.29, 1.82) is 0 Å². The van der Waals surface area contributed by atoms with E-state index in [2.05, 4.69) is 74.1 Å². The lowest BCUT2D eigenvalue weighted by Gasteiger charge is -2.33. The maximum absolute atomic E-state index is 15.4. The quantitative estimate of drug-likeness (QED) is 0.0392. The van der Waals surface area contributed by atoms with Crippen LogP contribution in [0.25, 0.3) is 22.0 Å². The first kappa shape index (κ1) is 104. The molecule has 14 atom stereocenters. The molecule has 1 aromatic heterocycles. The summed E-state index contributed by atoms with van der Waals surface area (Å²) in [7, 11) is 2.48. The average molecular weight is 1830 g/mol. The molecule has 0 radical (unpaired) electrons. The number of nitrogens with zero attached hydrogens (tertiary/aromatic N) is 2. The van der Waals surface area contributed by atoms with Crippen LogP contribution in [-0.2, 0) is 112 Å². The second-order valence-electron chi connectivity index (χ2n) is 34.1. The highest BCUT2D eigenvalue weighted by Crippen LogP contribution is 2.24. The molecule has 0 saturated carbocycles. The Kier molecular flexibility index (Phi) is 40.2. The number of hydrogen-bond donors (Lipinski definition) is 18. The minimum Gasteiger partial charge on any atom is -0.481 e. The summed E-state index contributed by atoms with van der Waals surface area (Å²) >= 11 is 0.722. The average Bonchev–Trinajstić information content (AvgIpc) is 1.25. The third kappa shape index (κ3) is 32.5. The first-order chi connectivity index (χ1) is 62.0.